The summed E-state index contributed by atoms with van der Waals surface area (Å²) < 4.78 is 27.2. The highest BCUT2D eigenvalue weighted by atomic mass is 32.2. The molecule has 1 heterocycles. The Morgan fingerprint density at radius 2 is 2.10 bits per heavy atom. The van der Waals surface area contributed by atoms with E-state index in [-0.39, 0.29) is 0 Å². The summed E-state index contributed by atoms with van der Waals surface area (Å²) in [6, 6.07) is 5.50. The van der Waals surface area contributed by atoms with Crippen molar-refractivity contribution >= 4 is 10.0 Å². The molecule has 0 fully saturated rings. The molecule has 1 aromatic rings. The number of benzene rings is 1. The molecule has 0 aromatic heterocycles. The van der Waals surface area contributed by atoms with Crippen molar-refractivity contribution in [3.8, 4) is 0 Å². The van der Waals surface area contributed by atoms with Crippen molar-refractivity contribution in [1.29, 1.82) is 0 Å². The standard InChI is InChI=1S/C15H22N2O2S/c1-3-14-7-6-13(10-16)9-15(14)20(18,19)17-8-4-5-12(2)11-17/h5-7,9H,3-4,8,10-11,16H2,1-2H3. The van der Waals surface area contributed by atoms with E-state index < -0.39 is 10.0 Å². The molecule has 0 bridgehead atoms. The molecule has 2 rings (SSSR count). The van der Waals surface area contributed by atoms with Crippen LogP contribution in [0.25, 0.3) is 0 Å². The molecule has 0 radical (unpaired) electrons. The van der Waals surface area contributed by atoms with Crippen LogP contribution in [0.2, 0.25) is 0 Å². The summed E-state index contributed by atoms with van der Waals surface area (Å²) in [7, 11) is -3.43. The first kappa shape index (κ1) is 15.2. The Kier molecular flexibility index (Phi) is 4.62. The Hall–Kier alpha value is -1.17. The number of hydrogen-bond acceptors (Lipinski definition) is 3. The minimum Gasteiger partial charge on any atom is -0.326 e. The highest BCUT2D eigenvalue weighted by Gasteiger charge is 2.27. The molecule has 0 aliphatic carbocycles. The second kappa shape index (κ2) is 6.08. The van der Waals surface area contributed by atoms with Crippen molar-refractivity contribution in [2.75, 3.05) is 13.1 Å². The van der Waals surface area contributed by atoms with E-state index in [1.807, 2.05) is 26.0 Å². The van der Waals surface area contributed by atoms with Crippen LogP contribution in [0.4, 0.5) is 0 Å². The van der Waals surface area contributed by atoms with E-state index in [0.29, 0.717) is 31.0 Å². The average Bonchev–Trinajstić information content (AvgIpc) is 2.46. The first-order chi connectivity index (χ1) is 9.48. The Morgan fingerprint density at radius 3 is 2.70 bits per heavy atom. The molecule has 0 saturated carbocycles. The van der Waals surface area contributed by atoms with Gasteiger partial charge in [-0.25, -0.2) is 8.42 Å². The van der Waals surface area contributed by atoms with E-state index in [1.165, 1.54) is 0 Å². The van der Waals surface area contributed by atoms with Crippen LogP contribution in [0.3, 0.4) is 0 Å². The Bertz CT molecular complexity index is 621. The maximum atomic E-state index is 12.8. The fourth-order valence-electron chi connectivity index (χ4n) is 2.48. The zero-order chi connectivity index (χ0) is 14.8. The van der Waals surface area contributed by atoms with Crippen LogP contribution in [0.1, 0.15) is 31.4 Å². The SMILES string of the molecule is CCc1ccc(CN)cc1S(=O)(=O)N1CCC=C(C)C1. The molecule has 5 heteroatoms. The predicted molar refractivity (Wildman–Crippen MR) is 80.8 cm³/mol. The summed E-state index contributed by atoms with van der Waals surface area (Å²) >= 11 is 0. The van der Waals surface area contributed by atoms with Crippen LogP contribution >= 0.6 is 0 Å². The van der Waals surface area contributed by atoms with Gasteiger partial charge in [0.25, 0.3) is 0 Å². The van der Waals surface area contributed by atoms with E-state index in [1.54, 1.807) is 10.4 Å². The van der Waals surface area contributed by atoms with Gasteiger partial charge in [-0.3, -0.25) is 0 Å². The lowest BCUT2D eigenvalue weighted by Crippen LogP contribution is -2.36. The van der Waals surface area contributed by atoms with Crippen molar-refractivity contribution in [1.82, 2.24) is 4.31 Å². The third kappa shape index (κ3) is 2.95. The molecule has 2 N–H and O–H groups in total. The minimum atomic E-state index is -3.43. The molecule has 0 atom stereocenters. The van der Waals surface area contributed by atoms with Gasteiger partial charge in [0.2, 0.25) is 10.0 Å². The number of hydrogen-bond donors (Lipinski definition) is 1. The summed E-state index contributed by atoms with van der Waals surface area (Å²) in [6.45, 7) is 5.33. The van der Waals surface area contributed by atoms with Gasteiger partial charge in [-0.2, -0.15) is 4.31 Å². The predicted octanol–water partition coefficient (Wildman–Crippen LogP) is 2.05. The van der Waals surface area contributed by atoms with Gasteiger partial charge in [-0.05, 0) is 37.0 Å². The fraction of sp³-hybridized carbons (Fsp3) is 0.467. The molecule has 0 amide bonds. The van der Waals surface area contributed by atoms with Gasteiger partial charge >= 0.3 is 0 Å². The zero-order valence-electron chi connectivity index (χ0n) is 12.1. The van der Waals surface area contributed by atoms with Gasteiger partial charge in [0.1, 0.15) is 0 Å². The van der Waals surface area contributed by atoms with Gasteiger partial charge in [-0.15, -0.1) is 0 Å². The second-order valence-electron chi connectivity index (χ2n) is 5.18. The lowest BCUT2D eigenvalue weighted by molar-refractivity contribution is 0.427. The first-order valence-corrected chi connectivity index (χ1v) is 8.40. The van der Waals surface area contributed by atoms with E-state index >= 15 is 0 Å². The summed E-state index contributed by atoms with van der Waals surface area (Å²) in [5, 5.41) is 0. The van der Waals surface area contributed by atoms with Crippen LogP contribution in [-0.4, -0.2) is 25.8 Å². The largest absolute Gasteiger partial charge is 0.326 e. The molecule has 110 valence electrons. The maximum Gasteiger partial charge on any atom is 0.243 e. The van der Waals surface area contributed by atoms with E-state index in [9.17, 15) is 8.42 Å². The topological polar surface area (TPSA) is 63.4 Å². The van der Waals surface area contributed by atoms with Crippen LogP contribution in [0.15, 0.2) is 34.7 Å². The first-order valence-electron chi connectivity index (χ1n) is 6.96. The molecule has 1 aliphatic heterocycles. The van der Waals surface area contributed by atoms with E-state index in [4.69, 9.17) is 5.73 Å². The smallest absolute Gasteiger partial charge is 0.243 e. The number of aryl methyl sites for hydroxylation is 1. The average molecular weight is 294 g/mol. The molecule has 0 unspecified atom stereocenters. The van der Waals surface area contributed by atoms with Crippen molar-refractivity contribution in [2.45, 2.75) is 38.1 Å². The van der Waals surface area contributed by atoms with Crippen LogP contribution in [0, 0.1) is 0 Å². The Balaban J connectivity index is 2.45. The molecule has 20 heavy (non-hydrogen) atoms. The summed E-state index contributed by atoms with van der Waals surface area (Å²) in [5.74, 6) is 0. The number of rotatable bonds is 4. The quantitative estimate of drug-likeness (QED) is 0.864. The van der Waals surface area contributed by atoms with Crippen molar-refractivity contribution < 1.29 is 8.42 Å². The van der Waals surface area contributed by atoms with E-state index in [2.05, 4.69) is 6.08 Å². The third-order valence-corrected chi connectivity index (χ3v) is 5.59. The maximum absolute atomic E-state index is 12.8. The second-order valence-corrected chi connectivity index (χ2v) is 7.08. The highest BCUT2D eigenvalue weighted by molar-refractivity contribution is 7.89. The van der Waals surface area contributed by atoms with E-state index in [0.717, 1.165) is 23.1 Å². The Morgan fingerprint density at radius 1 is 1.35 bits per heavy atom. The van der Waals surface area contributed by atoms with Gasteiger partial charge in [-0.1, -0.05) is 30.7 Å². The lowest BCUT2D eigenvalue weighted by atomic mass is 10.1. The van der Waals surface area contributed by atoms with Crippen molar-refractivity contribution in [3.05, 3.63) is 41.0 Å². The van der Waals surface area contributed by atoms with Crippen molar-refractivity contribution in [3.63, 3.8) is 0 Å². The van der Waals surface area contributed by atoms with Gasteiger partial charge in [0.15, 0.2) is 0 Å². The molecular formula is C15H22N2O2S. The summed E-state index contributed by atoms with van der Waals surface area (Å²) in [6.07, 6.45) is 3.58. The summed E-state index contributed by atoms with van der Waals surface area (Å²) in [5.41, 5.74) is 8.45. The molecule has 0 saturated heterocycles. The molecule has 1 aliphatic rings. The molecular weight excluding hydrogens is 272 g/mol. The highest BCUT2D eigenvalue weighted by Crippen LogP contribution is 2.25. The van der Waals surface area contributed by atoms with Crippen LogP contribution in [-0.2, 0) is 23.0 Å². The number of nitrogens with two attached hydrogens (primary N) is 1. The van der Waals surface area contributed by atoms with Gasteiger partial charge in [0.05, 0.1) is 4.90 Å². The fourth-order valence-corrected chi connectivity index (χ4v) is 4.32. The van der Waals surface area contributed by atoms with Gasteiger partial charge in [0, 0.05) is 19.6 Å². The lowest BCUT2D eigenvalue weighted by Gasteiger charge is -2.26. The number of sulfonamides is 1. The van der Waals surface area contributed by atoms with Crippen LogP contribution in [0.5, 0.6) is 0 Å². The Labute approximate surface area is 121 Å². The van der Waals surface area contributed by atoms with Crippen molar-refractivity contribution in [2.24, 2.45) is 5.73 Å². The normalized spacial score (nSPS) is 17.1. The molecule has 0 spiro atoms. The zero-order valence-corrected chi connectivity index (χ0v) is 12.9. The summed E-state index contributed by atoms with van der Waals surface area (Å²) in [4.78, 5) is 0.414. The number of nitrogens with zero attached hydrogens (tertiary/aromatic N) is 1. The van der Waals surface area contributed by atoms with Gasteiger partial charge < -0.3 is 5.73 Å². The minimum absolute atomic E-state index is 0.353. The molecule has 1 aromatic carbocycles. The van der Waals surface area contributed by atoms with Crippen LogP contribution < -0.4 is 5.73 Å². The molecule has 4 nitrogen and oxygen atoms in total. The third-order valence-electron chi connectivity index (χ3n) is 3.66. The monoisotopic (exact) mass is 294 g/mol.